The number of aromatic nitrogens is 1. The minimum atomic E-state index is 1.10. The third kappa shape index (κ3) is 2.44. The van der Waals surface area contributed by atoms with Crippen LogP contribution in [0, 0.1) is 6.92 Å². The monoisotopic (exact) mass is 227 g/mol. The van der Waals surface area contributed by atoms with E-state index in [4.69, 9.17) is 0 Å². The van der Waals surface area contributed by atoms with E-state index < -0.39 is 0 Å². The van der Waals surface area contributed by atoms with Crippen molar-refractivity contribution in [3.63, 3.8) is 0 Å². The van der Waals surface area contributed by atoms with Gasteiger partial charge in [0.1, 0.15) is 0 Å². The lowest BCUT2D eigenvalue weighted by Gasteiger charge is -2.11. The van der Waals surface area contributed by atoms with Crippen molar-refractivity contribution in [1.29, 1.82) is 0 Å². The lowest BCUT2D eigenvalue weighted by atomic mass is 10.1. The lowest BCUT2D eigenvalue weighted by Crippen LogP contribution is -2.01. The van der Waals surface area contributed by atoms with Gasteiger partial charge in [-0.25, -0.2) is 0 Å². The van der Waals surface area contributed by atoms with Gasteiger partial charge in [-0.3, -0.25) is 0 Å². The second-order valence-electron chi connectivity index (χ2n) is 4.56. The van der Waals surface area contributed by atoms with E-state index in [2.05, 4.69) is 61.7 Å². The van der Waals surface area contributed by atoms with Gasteiger partial charge in [0.25, 0.3) is 0 Å². The molecule has 2 aromatic rings. The van der Waals surface area contributed by atoms with Gasteiger partial charge in [0.2, 0.25) is 0 Å². The smallest absolute Gasteiger partial charge is 0.0482 e. The summed E-state index contributed by atoms with van der Waals surface area (Å²) in [6.07, 6.45) is 2.28. The topological polar surface area (TPSA) is 4.93 Å². The molecule has 0 saturated carbocycles. The predicted molar refractivity (Wildman–Crippen MR) is 74.3 cm³/mol. The summed E-state index contributed by atoms with van der Waals surface area (Å²) in [7, 11) is 0. The molecular weight excluding hydrogens is 206 g/mol. The molecule has 0 atom stereocenters. The van der Waals surface area contributed by atoms with Crippen LogP contribution in [-0.4, -0.2) is 4.57 Å². The minimum absolute atomic E-state index is 1.10. The maximum atomic E-state index is 2.40. The Balaban J connectivity index is 2.38. The highest BCUT2D eigenvalue weighted by molar-refractivity contribution is 5.61. The molecule has 0 bridgehead atoms. The molecule has 0 saturated heterocycles. The van der Waals surface area contributed by atoms with Crippen LogP contribution in [0.2, 0.25) is 0 Å². The van der Waals surface area contributed by atoms with Crippen molar-refractivity contribution in [1.82, 2.24) is 4.57 Å². The number of hydrogen-bond acceptors (Lipinski definition) is 0. The molecule has 2 rings (SSSR count). The molecule has 0 aliphatic rings. The first-order valence-corrected chi connectivity index (χ1v) is 6.51. The van der Waals surface area contributed by atoms with Crippen LogP contribution in [0.5, 0.6) is 0 Å². The molecule has 17 heavy (non-hydrogen) atoms. The normalized spacial score (nSPS) is 10.8. The van der Waals surface area contributed by atoms with Crippen LogP contribution in [0.4, 0.5) is 0 Å². The molecule has 1 heterocycles. The second kappa shape index (κ2) is 5.22. The Labute approximate surface area is 104 Å². The molecule has 0 spiro atoms. The fraction of sp³-hybridized carbons (Fsp3) is 0.375. The molecule has 1 nitrogen and oxygen atoms in total. The fourth-order valence-electron chi connectivity index (χ4n) is 2.25. The van der Waals surface area contributed by atoms with E-state index in [1.54, 1.807) is 0 Å². The summed E-state index contributed by atoms with van der Waals surface area (Å²) >= 11 is 0. The van der Waals surface area contributed by atoms with Crippen LogP contribution in [0.3, 0.4) is 0 Å². The van der Waals surface area contributed by atoms with Gasteiger partial charge in [-0.1, -0.05) is 38.1 Å². The Morgan fingerprint density at radius 3 is 2.24 bits per heavy atom. The fourth-order valence-corrected chi connectivity index (χ4v) is 2.25. The largest absolute Gasteiger partial charge is 0.345 e. The van der Waals surface area contributed by atoms with Gasteiger partial charge in [0, 0.05) is 17.9 Å². The Morgan fingerprint density at radius 1 is 0.941 bits per heavy atom. The molecule has 0 unspecified atom stereocenters. The summed E-state index contributed by atoms with van der Waals surface area (Å²) in [6, 6.07) is 13.4. The number of aryl methyl sites for hydroxylation is 2. The van der Waals surface area contributed by atoms with E-state index >= 15 is 0 Å². The molecule has 0 aliphatic carbocycles. The zero-order valence-electron chi connectivity index (χ0n) is 11.0. The molecule has 0 aliphatic heterocycles. The standard InChI is InChI=1S/C16H21N/c1-4-12-17-13(3)6-11-16(17)15-9-7-14(5-2)8-10-15/h6-11H,4-5,12H2,1-3H3. The lowest BCUT2D eigenvalue weighted by molar-refractivity contribution is 0.672. The number of nitrogens with zero attached hydrogens (tertiary/aromatic N) is 1. The summed E-state index contributed by atoms with van der Waals surface area (Å²) in [5, 5.41) is 0. The zero-order valence-corrected chi connectivity index (χ0v) is 11.0. The minimum Gasteiger partial charge on any atom is -0.345 e. The average Bonchev–Trinajstić information content (AvgIpc) is 2.72. The summed E-state index contributed by atoms with van der Waals surface area (Å²) in [5.41, 5.74) is 5.41. The number of rotatable bonds is 4. The Kier molecular flexibility index (Phi) is 3.68. The van der Waals surface area contributed by atoms with E-state index in [0.717, 1.165) is 13.0 Å². The first kappa shape index (κ1) is 12.0. The van der Waals surface area contributed by atoms with Gasteiger partial charge >= 0.3 is 0 Å². The number of benzene rings is 1. The zero-order chi connectivity index (χ0) is 12.3. The van der Waals surface area contributed by atoms with Crippen molar-refractivity contribution in [3.8, 4) is 11.3 Å². The molecule has 0 N–H and O–H groups in total. The maximum Gasteiger partial charge on any atom is 0.0482 e. The van der Waals surface area contributed by atoms with E-state index in [1.807, 2.05) is 0 Å². The Hall–Kier alpha value is -1.50. The summed E-state index contributed by atoms with van der Waals surface area (Å²) in [4.78, 5) is 0. The first-order chi connectivity index (χ1) is 8.26. The van der Waals surface area contributed by atoms with Gasteiger partial charge in [-0.15, -0.1) is 0 Å². The Bertz CT molecular complexity index is 477. The van der Waals surface area contributed by atoms with Crippen LogP contribution in [0.15, 0.2) is 36.4 Å². The van der Waals surface area contributed by atoms with E-state index in [9.17, 15) is 0 Å². The maximum absolute atomic E-state index is 2.40. The van der Waals surface area contributed by atoms with Crippen LogP contribution in [0.1, 0.15) is 31.5 Å². The third-order valence-electron chi connectivity index (χ3n) is 3.30. The predicted octanol–water partition coefficient (Wildman–Crippen LogP) is 4.44. The highest BCUT2D eigenvalue weighted by Crippen LogP contribution is 2.23. The average molecular weight is 227 g/mol. The van der Waals surface area contributed by atoms with Gasteiger partial charge in [0.15, 0.2) is 0 Å². The molecule has 0 radical (unpaired) electrons. The molecule has 90 valence electrons. The van der Waals surface area contributed by atoms with Crippen molar-refractivity contribution >= 4 is 0 Å². The first-order valence-electron chi connectivity index (χ1n) is 6.51. The second-order valence-corrected chi connectivity index (χ2v) is 4.56. The van der Waals surface area contributed by atoms with Crippen molar-refractivity contribution < 1.29 is 0 Å². The van der Waals surface area contributed by atoms with Crippen LogP contribution < -0.4 is 0 Å². The van der Waals surface area contributed by atoms with Crippen LogP contribution >= 0.6 is 0 Å². The molecule has 0 fully saturated rings. The summed E-state index contributed by atoms with van der Waals surface area (Å²) in [5.74, 6) is 0. The molecule has 0 amide bonds. The number of hydrogen-bond donors (Lipinski definition) is 0. The van der Waals surface area contributed by atoms with Crippen molar-refractivity contribution in [2.24, 2.45) is 0 Å². The highest BCUT2D eigenvalue weighted by Gasteiger charge is 2.06. The molecule has 1 heteroatoms. The van der Waals surface area contributed by atoms with Crippen LogP contribution in [0.25, 0.3) is 11.3 Å². The summed E-state index contributed by atoms with van der Waals surface area (Å²) in [6.45, 7) is 7.70. The van der Waals surface area contributed by atoms with Crippen molar-refractivity contribution in [2.45, 2.75) is 40.2 Å². The van der Waals surface area contributed by atoms with Crippen LogP contribution in [-0.2, 0) is 13.0 Å². The molecule has 1 aromatic carbocycles. The van der Waals surface area contributed by atoms with E-state index in [1.165, 1.54) is 28.9 Å². The van der Waals surface area contributed by atoms with Gasteiger partial charge < -0.3 is 4.57 Å². The third-order valence-corrected chi connectivity index (χ3v) is 3.30. The molecule has 1 aromatic heterocycles. The van der Waals surface area contributed by atoms with Gasteiger partial charge in [0.05, 0.1) is 0 Å². The SMILES string of the molecule is CCCn1c(C)ccc1-c1ccc(CC)cc1. The van der Waals surface area contributed by atoms with Crippen molar-refractivity contribution in [2.75, 3.05) is 0 Å². The Morgan fingerprint density at radius 2 is 1.65 bits per heavy atom. The van der Waals surface area contributed by atoms with Crippen molar-refractivity contribution in [3.05, 3.63) is 47.7 Å². The quantitative estimate of drug-likeness (QED) is 0.728. The van der Waals surface area contributed by atoms with Gasteiger partial charge in [-0.2, -0.15) is 0 Å². The highest BCUT2D eigenvalue weighted by atomic mass is 15.0. The van der Waals surface area contributed by atoms with E-state index in [-0.39, 0.29) is 0 Å². The molecular formula is C16H21N. The van der Waals surface area contributed by atoms with E-state index in [0.29, 0.717) is 0 Å². The summed E-state index contributed by atoms with van der Waals surface area (Å²) < 4.78 is 2.40. The van der Waals surface area contributed by atoms with Gasteiger partial charge in [-0.05, 0) is 43.0 Å².